The molecule has 1 fully saturated rings. The molecule has 0 bridgehead atoms. The van der Waals surface area contributed by atoms with Gasteiger partial charge in [0.15, 0.2) is 5.75 Å². The summed E-state index contributed by atoms with van der Waals surface area (Å²) < 4.78 is 6.45. The number of halogens is 1. The molecule has 29 heavy (non-hydrogen) atoms. The van der Waals surface area contributed by atoms with Gasteiger partial charge in [0.1, 0.15) is 0 Å². The molecule has 156 valence electrons. The highest BCUT2D eigenvalue weighted by Crippen LogP contribution is 2.35. The molecule has 1 aromatic heterocycles. The number of carboxylic acid groups (broad SMARTS) is 1. The Morgan fingerprint density at radius 3 is 2.55 bits per heavy atom. The lowest BCUT2D eigenvalue weighted by atomic mass is 9.82. The average molecular weight is 420 g/mol. The van der Waals surface area contributed by atoms with Crippen LogP contribution >= 0.6 is 11.6 Å². The summed E-state index contributed by atoms with van der Waals surface area (Å²) in [5.41, 5.74) is 0.640. The van der Waals surface area contributed by atoms with Crippen LogP contribution in [0.4, 0.5) is 10.6 Å². The van der Waals surface area contributed by atoms with E-state index in [1.165, 1.54) is 10.9 Å². The zero-order valence-corrected chi connectivity index (χ0v) is 17.6. The van der Waals surface area contributed by atoms with E-state index in [1.807, 2.05) is 13.8 Å². The Morgan fingerprint density at radius 2 is 1.97 bits per heavy atom. The van der Waals surface area contributed by atoms with Crippen molar-refractivity contribution in [3.05, 3.63) is 35.5 Å². The van der Waals surface area contributed by atoms with Gasteiger partial charge in [-0.3, -0.25) is 9.69 Å². The number of carbonyl (C=O) groups is 2. The summed E-state index contributed by atoms with van der Waals surface area (Å²) in [6, 6.07) is 6.79. The molecule has 1 amide bonds. The molecule has 0 atom stereocenters. The van der Waals surface area contributed by atoms with Crippen LogP contribution in [0.1, 0.15) is 46.5 Å². The molecule has 0 aliphatic heterocycles. The van der Waals surface area contributed by atoms with Gasteiger partial charge in [0, 0.05) is 17.0 Å². The van der Waals surface area contributed by atoms with E-state index in [0.29, 0.717) is 16.6 Å². The van der Waals surface area contributed by atoms with E-state index < -0.39 is 6.16 Å². The Bertz CT molecular complexity index is 888. The van der Waals surface area contributed by atoms with Gasteiger partial charge in [0.2, 0.25) is 11.7 Å². The van der Waals surface area contributed by atoms with E-state index in [0.717, 1.165) is 25.7 Å². The lowest BCUT2D eigenvalue weighted by Gasteiger charge is -2.32. The standard InChI is InChI=1S/C21H26ClN3O4/c1-13(2)25(20(26)15-9-7-14(3)8-10-15)19-18(29-21(27)28)12-24(23-19)17-6-4-5-16(22)11-17/h4-6,11-15H,7-10H2,1-3H3,(H,27,28)/t14-,15-. The number of benzene rings is 1. The maximum absolute atomic E-state index is 13.3. The Kier molecular flexibility index (Phi) is 6.47. The van der Waals surface area contributed by atoms with Crippen LogP contribution in [-0.2, 0) is 4.79 Å². The first kappa shape index (κ1) is 21.2. The quantitative estimate of drug-likeness (QED) is 0.677. The number of hydrogen-bond acceptors (Lipinski definition) is 4. The minimum Gasteiger partial charge on any atom is -0.449 e. The first-order valence-electron chi connectivity index (χ1n) is 9.85. The van der Waals surface area contributed by atoms with E-state index in [9.17, 15) is 9.59 Å². The summed E-state index contributed by atoms with van der Waals surface area (Å²) in [4.78, 5) is 26.1. The predicted octanol–water partition coefficient (Wildman–Crippen LogP) is 5.15. The minimum atomic E-state index is -1.46. The van der Waals surface area contributed by atoms with E-state index >= 15 is 0 Å². The van der Waals surface area contributed by atoms with Gasteiger partial charge in [-0.25, -0.2) is 9.48 Å². The van der Waals surface area contributed by atoms with Crippen molar-refractivity contribution in [2.75, 3.05) is 4.90 Å². The molecular formula is C21H26ClN3O4. The second-order valence-electron chi connectivity index (χ2n) is 7.87. The zero-order valence-electron chi connectivity index (χ0n) is 16.8. The lowest BCUT2D eigenvalue weighted by molar-refractivity contribution is -0.124. The topological polar surface area (TPSA) is 84.7 Å². The number of ether oxygens (including phenoxy) is 1. The van der Waals surface area contributed by atoms with Crippen LogP contribution in [-0.4, -0.2) is 33.0 Å². The Hall–Kier alpha value is -2.54. The molecule has 0 spiro atoms. The molecule has 1 N–H and O–H groups in total. The van der Waals surface area contributed by atoms with Crippen molar-refractivity contribution in [3.63, 3.8) is 0 Å². The molecule has 7 nitrogen and oxygen atoms in total. The van der Waals surface area contributed by atoms with Gasteiger partial charge in [0.25, 0.3) is 0 Å². The summed E-state index contributed by atoms with van der Waals surface area (Å²) in [7, 11) is 0. The third kappa shape index (κ3) is 4.90. The third-order valence-corrected chi connectivity index (χ3v) is 5.51. The molecule has 3 rings (SSSR count). The number of amides is 1. The number of nitrogens with zero attached hydrogens (tertiary/aromatic N) is 3. The summed E-state index contributed by atoms with van der Waals surface area (Å²) in [5, 5.41) is 14.2. The van der Waals surface area contributed by atoms with Crippen molar-refractivity contribution < 1.29 is 19.4 Å². The summed E-state index contributed by atoms with van der Waals surface area (Å²) >= 11 is 6.07. The molecular weight excluding hydrogens is 394 g/mol. The monoisotopic (exact) mass is 419 g/mol. The summed E-state index contributed by atoms with van der Waals surface area (Å²) in [6.45, 7) is 5.96. The van der Waals surface area contributed by atoms with Crippen LogP contribution in [0.5, 0.6) is 5.75 Å². The second kappa shape index (κ2) is 8.86. The lowest BCUT2D eigenvalue weighted by Crippen LogP contribution is -2.42. The second-order valence-corrected chi connectivity index (χ2v) is 8.30. The van der Waals surface area contributed by atoms with Crippen LogP contribution in [0.25, 0.3) is 5.69 Å². The summed E-state index contributed by atoms with van der Waals surface area (Å²) in [6.07, 6.45) is 3.68. The van der Waals surface area contributed by atoms with E-state index in [-0.39, 0.29) is 29.4 Å². The van der Waals surface area contributed by atoms with Gasteiger partial charge >= 0.3 is 6.16 Å². The van der Waals surface area contributed by atoms with Crippen molar-refractivity contribution in [2.45, 2.75) is 52.5 Å². The number of anilines is 1. The number of rotatable bonds is 5. The molecule has 1 aliphatic carbocycles. The van der Waals surface area contributed by atoms with Gasteiger partial charge in [-0.1, -0.05) is 24.6 Å². The smallest absolute Gasteiger partial charge is 0.449 e. The van der Waals surface area contributed by atoms with Crippen molar-refractivity contribution in [1.82, 2.24) is 9.78 Å². The molecule has 0 saturated heterocycles. The first-order valence-corrected chi connectivity index (χ1v) is 10.2. The minimum absolute atomic E-state index is 0.0173. The highest BCUT2D eigenvalue weighted by Gasteiger charge is 2.34. The third-order valence-electron chi connectivity index (χ3n) is 5.28. The SMILES string of the molecule is CC(C)N(c1nn(-c2cccc(Cl)c2)cc1OC(=O)O)C(=O)[C@H]1CC[C@H](C)CC1. The van der Waals surface area contributed by atoms with E-state index in [4.69, 9.17) is 21.4 Å². The van der Waals surface area contributed by atoms with Gasteiger partial charge in [-0.05, 0) is 63.6 Å². The molecule has 0 radical (unpaired) electrons. The Balaban J connectivity index is 2.00. The van der Waals surface area contributed by atoms with Crippen molar-refractivity contribution in [1.29, 1.82) is 0 Å². The maximum atomic E-state index is 13.3. The van der Waals surface area contributed by atoms with E-state index in [1.54, 1.807) is 29.2 Å². The van der Waals surface area contributed by atoms with Crippen LogP contribution in [0.2, 0.25) is 5.02 Å². The molecule has 8 heteroatoms. The number of carbonyl (C=O) groups excluding carboxylic acids is 1. The molecule has 1 saturated carbocycles. The first-order chi connectivity index (χ1) is 13.8. The molecule has 2 aromatic rings. The Morgan fingerprint density at radius 1 is 1.28 bits per heavy atom. The van der Waals surface area contributed by atoms with Gasteiger partial charge in [-0.15, -0.1) is 5.10 Å². The average Bonchev–Trinajstić information content (AvgIpc) is 3.05. The van der Waals surface area contributed by atoms with Gasteiger partial charge in [0.05, 0.1) is 11.9 Å². The fraction of sp³-hybridized carbons (Fsp3) is 0.476. The Labute approximate surface area is 175 Å². The van der Waals surface area contributed by atoms with E-state index in [2.05, 4.69) is 12.0 Å². The molecule has 0 unspecified atom stereocenters. The number of aromatic nitrogens is 2. The van der Waals surface area contributed by atoms with Gasteiger partial charge < -0.3 is 9.84 Å². The number of hydrogen-bond donors (Lipinski definition) is 1. The largest absolute Gasteiger partial charge is 0.511 e. The highest BCUT2D eigenvalue weighted by atomic mass is 35.5. The molecule has 1 aliphatic rings. The van der Waals surface area contributed by atoms with Gasteiger partial charge in [-0.2, -0.15) is 0 Å². The predicted molar refractivity (Wildman–Crippen MR) is 111 cm³/mol. The van der Waals surface area contributed by atoms with Crippen molar-refractivity contribution in [3.8, 4) is 11.4 Å². The zero-order chi connectivity index (χ0) is 21.1. The molecule has 1 heterocycles. The summed E-state index contributed by atoms with van der Waals surface area (Å²) in [5.74, 6) is 0.704. The normalized spacial score (nSPS) is 19.2. The van der Waals surface area contributed by atoms with Crippen LogP contribution in [0, 0.1) is 11.8 Å². The fourth-order valence-electron chi connectivity index (χ4n) is 3.74. The van der Waals surface area contributed by atoms with Crippen molar-refractivity contribution in [2.24, 2.45) is 11.8 Å². The fourth-order valence-corrected chi connectivity index (χ4v) is 3.92. The highest BCUT2D eigenvalue weighted by molar-refractivity contribution is 6.30. The van der Waals surface area contributed by atoms with Crippen LogP contribution in [0.3, 0.4) is 0 Å². The van der Waals surface area contributed by atoms with Crippen molar-refractivity contribution >= 4 is 29.5 Å². The van der Waals surface area contributed by atoms with Crippen LogP contribution < -0.4 is 9.64 Å². The van der Waals surface area contributed by atoms with Crippen LogP contribution in [0.15, 0.2) is 30.5 Å². The maximum Gasteiger partial charge on any atom is 0.511 e. The molecule has 1 aromatic carbocycles.